The summed E-state index contributed by atoms with van der Waals surface area (Å²) < 4.78 is 38.9. The van der Waals surface area contributed by atoms with Gasteiger partial charge >= 0.3 is 5.97 Å². The van der Waals surface area contributed by atoms with E-state index in [4.69, 9.17) is 33.2 Å². The van der Waals surface area contributed by atoms with E-state index < -0.39 is 11.8 Å². The number of carbonyl (C=O) groups is 1. The van der Waals surface area contributed by atoms with Crippen LogP contribution in [0.1, 0.15) is 28.7 Å². The molecule has 1 saturated heterocycles. The van der Waals surface area contributed by atoms with E-state index in [9.17, 15) is 9.90 Å². The Morgan fingerprint density at radius 2 is 1.44 bits per heavy atom. The molecule has 3 aromatic rings. The zero-order valence-electron chi connectivity index (χ0n) is 22.0. The van der Waals surface area contributed by atoms with Crippen molar-refractivity contribution in [3.8, 4) is 40.2 Å². The van der Waals surface area contributed by atoms with Crippen LogP contribution < -0.4 is 33.7 Å². The van der Waals surface area contributed by atoms with Crippen molar-refractivity contribution >= 4 is 11.7 Å². The number of phenols is 1. The number of cyclic esters (lactones) is 1. The van der Waals surface area contributed by atoms with Crippen molar-refractivity contribution in [2.75, 3.05) is 47.2 Å². The number of phenolic OH excluding ortho intramolecular Hbond substituents is 1. The van der Waals surface area contributed by atoms with Crippen LogP contribution in [0, 0.1) is 11.8 Å². The number of methoxy groups -OCH3 is 4. The quantitative estimate of drug-likeness (QED) is 0.426. The molecule has 2 N–H and O–H groups in total. The molecule has 0 saturated carbocycles. The minimum atomic E-state index is -0.519. The molecule has 1 aliphatic carbocycles. The molecule has 0 aromatic heterocycles. The molecule has 1 fully saturated rings. The van der Waals surface area contributed by atoms with Crippen LogP contribution >= 0.6 is 0 Å². The largest absolute Gasteiger partial charge is 0.502 e. The van der Waals surface area contributed by atoms with Crippen LogP contribution in [0.5, 0.6) is 40.2 Å². The number of benzene rings is 3. The second kappa shape index (κ2) is 9.68. The topological polar surface area (TPSA) is 114 Å². The van der Waals surface area contributed by atoms with Crippen LogP contribution in [0.3, 0.4) is 0 Å². The number of anilines is 1. The molecule has 10 nitrogen and oxygen atoms in total. The van der Waals surface area contributed by atoms with E-state index in [1.165, 1.54) is 14.2 Å². The molecular formula is C29H29NO9. The second-order valence-corrected chi connectivity index (χ2v) is 9.60. The van der Waals surface area contributed by atoms with Crippen molar-refractivity contribution < 1.29 is 43.1 Å². The average Bonchev–Trinajstić information content (AvgIpc) is 3.58. The molecule has 3 aromatic carbocycles. The van der Waals surface area contributed by atoms with Crippen molar-refractivity contribution in [1.29, 1.82) is 0 Å². The number of aromatic hydroxyl groups is 1. The zero-order chi connectivity index (χ0) is 27.3. The summed E-state index contributed by atoms with van der Waals surface area (Å²) in [5, 5.41) is 14.2. The van der Waals surface area contributed by atoms with Crippen LogP contribution in [0.2, 0.25) is 0 Å². The van der Waals surface area contributed by atoms with Crippen molar-refractivity contribution in [2.24, 2.45) is 11.8 Å². The summed E-state index contributed by atoms with van der Waals surface area (Å²) in [6.45, 7) is 0.359. The number of ether oxygens (including phenoxy) is 7. The highest BCUT2D eigenvalue weighted by atomic mass is 16.7. The van der Waals surface area contributed by atoms with Gasteiger partial charge in [-0.25, -0.2) is 0 Å². The zero-order valence-corrected chi connectivity index (χ0v) is 22.0. The minimum absolute atomic E-state index is 0.107. The van der Waals surface area contributed by atoms with Crippen LogP contribution in [0.25, 0.3) is 0 Å². The van der Waals surface area contributed by atoms with E-state index in [2.05, 4.69) is 5.32 Å². The van der Waals surface area contributed by atoms with Gasteiger partial charge in [-0.05, 0) is 53.1 Å². The molecule has 0 amide bonds. The minimum Gasteiger partial charge on any atom is -0.502 e. The number of rotatable bonds is 7. The Morgan fingerprint density at radius 3 is 2.08 bits per heavy atom. The van der Waals surface area contributed by atoms with E-state index in [0.717, 1.165) is 22.4 Å². The molecule has 2 aliphatic heterocycles. The van der Waals surface area contributed by atoms with Crippen LogP contribution in [0.15, 0.2) is 42.5 Å². The van der Waals surface area contributed by atoms with Crippen molar-refractivity contribution in [3.05, 3.63) is 59.2 Å². The number of esters is 1. The Hall–Kier alpha value is -4.47. The molecule has 6 rings (SSSR count). The number of nitrogens with one attached hydrogen (secondary N) is 1. The van der Waals surface area contributed by atoms with Gasteiger partial charge in [-0.1, -0.05) is 0 Å². The number of hydrogen-bond donors (Lipinski definition) is 2. The predicted octanol–water partition coefficient (Wildman–Crippen LogP) is 4.24. The molecule has 10 heteroatoms. The summed E-state index contributed by atoms with van der Waals surface area (Å²) in [6, 6.07) is 12.7. The Labute approximate surface area is 225 Å². The lowest BCUT2D eigenvalue weighted by atomic mass is 9.65. The second-order valence-electron chi connectivity index (χ2n) is 9.60. The van der Waals surface area contributed by atoms with Gasteiger partial charge in [0.05, 0.1) is 47.0 Å². The van der Waals surface area contributed by atoms with Gasteiger partial charge < -0.3 is 43.6 Å². The maximum atomic E-state index is 13.3. The summed E-state index contributed by atoms with van der Waals surface area (Å²) >= 11 is 0. The molecule has 4 atom stereocenters. The lowest BCUT2D eigenvalue weighted by Gasteiger charge is -2.40. The highest BCUT2D eigenvalue weighted by Crippen LogP contribution is 2.56. The van der Waals surface area contributed by atoms with Gasteiger partial charge in [-0.3, -0.25) is 4.79 Å². The molecule has 39 heavy (non-hydrogen) atoms. The lowest BCUT2D eigenvalue weighted by molar-refractivity contribution is -0.141. The summed E-state index contributed by atoms with van der Waals surface area (Å²) in [5.74, 6) is 1.39. The SMILES string of the molecule is COc1ccc(N[C@@H]2c3cc4c(cc3[C@@H](c3cc(OC)c(O)c(OC)c3)[C@H]3C(=O)OC[C@@H]32)OCO4)cc1OC. The number of carbonyl (C=O) groups excluding carboxylic acids is 1. The Morgan fingerprint density at radius 1 is 0.795 bits per heavy atom. The van der Waals surface area contributed by atoms with E-state index in [0.29, 0.717) is 23.0 Å². The van der Waals surface area contributed by atoms with Gasteiger partial charge in [-0.15, -0.1) is 0 Å². The molecule has 0 unspecified atom stereocenters. The Kier molecular flexibility index (Phi) is 6.17. The Bertz CT molecular complexity index is 1410. The lowest BCUT2D eigenvalue weighted by Crippen LogP contribution is -2.37. The highest BCUT2D eigenvalue weighted by Gasteiger charge is 2.52. The first-order valence-corrected chi connectivity index (χ1v) is 12.5. The third-order valence-corrected chi connectivity index (χ3v) is 7.75. The van der Waals surface area contributed by atoms with Gasteiger partial charge in [-0.2, -0.15) is 0 Å². The smallest absolute Gasteiger partial charge is 0.310 e. The fourth-order valence-corrected chi connectivity index (χ4v) is 5.95. The fraction of sp³-hybridized carbons (Fsp3) is 0.345. The van der Waals surface area contributed by atoms with Crippen molar-refractivity contribution in [3.63, 3.8) is 0 Å². The number of fused-ring (bicyclic) bond motifs is 3. The van der Waals surface area contributed by atoms with E-state index >= 15 is 0 Å². The third-order valence-electron chi connectivity index (χ3n) is 7.75. The molecule has 3 aliphatic rings. The van der Waals surface area contributed by atoms with Crippen LogP contribution in [-0.4, -0.2) is 52.9 Å². The summed E-state index contributed by atoms with van der Waals surface area (Å²) in [6.07, 6.45) is 0. The van der Waals surface area contributed by atoms with E-state index in [-0.39, 0.29) is 48.6 Å². The van der Waals surface area contributed by atoms with Crippen LogP contribution in [0.4, 0.5) is 5.69 Å². The summed E-state index contributed by atoms with van der Waals surface area (Å²) in [4.78, 5) is 13.3. The standard InChI is InChI=1S/C29H29NO9/c1-33-19-6-5-15(9-20(19)34-2)30-27-17-11-22-21(38-13-39-22)10-16(17)25(26-18(27)12-37-29(26)32)14-7-23(35-3)28(31)24(8-14)36-4/h5-11,18,25-27,30-31H,12-13H2,1-4H3/t18-,25+,26-,27+/m0/s1. The van der Waals surface area contributed by atoms with Gasteiger partial charge in [0.2, 0.25) is 12.5 Å². The molecule has 204 valence electrons. The van der Waals surface area contributed by atoms with Gasteiger partial charge in [0.1, 0.15) is 0 Å². The third kappa shape index (κ3) is 3.98. The maximum absolute atomic E-state index is 13.3. The van der Waals surface area contributed by atoms with Gasteiger partial charge in [0, 0.05) is 23.6 Å². The maximum Gasteiger partial charge on any atom is 0.310 e. The molecular weight excluding hydrogens is 506 g/mol. The monoisotopic (exact) mass is 535 g/mol. The molecule has 2 heterocycles. The molecule has 0 spiro atoms. The first-order valence-electron chi connectivity index (χ1n) is 12.5. The van der Waals surface area contributed by atoms with E-state index in [1.807, 2.05) is 30.3 Å². The van der Waals surface area contributed by atoms with Crippen molar-refractivity contribution in [2.45, 2.75) is 12.0 Å². The summed E-state index contributed by atoms with van der Waals surface area (Å²) in [7, 11) is 6.12. The average molecular weight is 536 g/mol. The first-order chi connectivity index (χ1) is 19.0. The Balaban J connectivity index is 1.52. The first kappa shape index (κ1) is 24.8. The molecule has 0 radical (unpaired) electrons. The van der Waals surface area contributed by atoms with Gasteiger partial charge in [0.25, 0.3) is 0 Å². The predicted molar refractivity (Wildman–Crippen MR) is 139 cm³/mol. The van der Waals surface area contributed by atoms with Crippen molar-refractivity contribution in [1.82, 2.24) is 0 Å². The summed E-state index contributed by atoms with van der Waals surface area (Å²) in [5.41, 5.74) is 3.38. The van der Waals surface area contributed by atoms with Gasteiger partial charge in [0.15, 0.2) is 34.5 Å². The fourth-order valence-electron chi connectivity index (χ4n) is 5.95. The molecule has 0 bridgehead atoms. The normalized spacial score (nSPS) is 22.4. The number of hydrogen-bond acceptors (Lipinski definition) is 10. The van der Waals surface area contributed by atoms with E-state index in [1.54, 1.807) is 26.4 Å². The van der Waals surface area contributed by atoms with Crippen LogP contribution in [-0.2, 0) is 9.53 Å². The highest BCUT2D eigenvalue weighted by molar-refractivity contribution is 5.79.